The van der Waals surface area contributed by atoms with E-state index in [-0.39, 0.29) is 6.04 Å². The van der Waals surface area contributed by atoms with Gasteiger partial charge in [-0.2, -0.15) is 0 Å². The monoisotopic (exact) mass is 208 g/mol. The van der Waals surface area contributed by atoms with Crippen LogP contribution in [0.5, 0.6) is 0 Å². The first-order chi connectivity index (χ1) is 6.94. The van der Waals surface area contributed by atoms with Gasteiger partial charge >= 0.3 is 0 Å². The van der Waals surface area contributed by atoms with Crippen LogP contribution in [-0.4, -0.2) is 11.9 Å². The first kappa shape index (κ1) is 11.7. The number of halogens is 1. The fourth-order valence-electron chi connectivity index (χ4n) is 1.23. The van der Waals surface area contributed by atoms with E-state index in [1.807, 2.05) is 0 Å². The van der Waals surface area contributed by atoms with Crippen LogP contribution in [0.1, 0.15) is 26.3 Å². The Morgan fingerprint density at radius 1 is 1.47 bits per heavy atom. The van der Waals surface area contributed by atoms with Crippen molar-refractivity contribution in [2.45, 2.75) is 32.5 Å². The van der Waals surface area contributed by atoms with Crippen molar-refractivity contribution < 1.29 is 9.18 Å². The minimum Gasteiger partial charge on any atom is -0.351 e. The van der Waals surface area contributed by atoms with Gasteiger partial charge in [0.1, 0.15) is 0 Å². The second-order valence-electron chi connectivity index (χ2n) is 3.92. The van der Waals surface area contributed by atoms with Crippen molar-refractivity contribution >= 4 is 5.91 Å². The Bertz CT molecular complexity index is 333. The van der Waals surface area contributed by atoms with Crippen LogP contribution in [0.25, 0.3) is 0 Å². The number of amides is 1. The van der Waals surface area contributed by atoms with Gasteiger partial charge in [0.15, 0.2) is 0 Å². The van der Waals surface area contributed by atoms with Gasteiger partial charge in [0.25, 0.3) is 5.91 Å². The molecular weight excluding hydrogens is 193 g/mol. The Balaban J connectivity index is 2.88. The maximum Gasteiger partial charge on any atom is 0.262 e. The van der Waals surface area contributed by atoms with E-state index in [1.165, 1.54) is 6.92 Å². The standard InChI is InChI=1S/C12H15FNO/c1-9(2)14-11(15)12(3,13)10-7-5-4-6-8-10/h5-9H,1-3H3,(H,14,15). The first-order valence-electron chi connectivity index (χ1n) is 4.91. The Hall–Kier alpha value is -1.38. The maximum atomic E-state index is 14.2. The number of carbonyl (C=O) groups is 1. The molecule has 3 heteroatoms. The number of rotatable bonds is 3. The molecule has 0 aliphatic heterocycles. The summed E-state index contributed by atoms with van der Waals surface area (Å²) in [5, 5.41) is 2.56. The van der Waals surface area contributed by atoms with Gasteiger partial charge in [-0.15, -0.1) is 0 Å². The zero-order valence-electron chi connectivity index (χ0n) is 9.17. The molecule has 1 amide bonds. The molecule has 2 nitrogen and oxygen atoms in total. The normalized spacial score (nSPS) is 14.7. The molecule has 1 aromatic carbocycles. The van der Waals surface area contributed by atoms with Crippen molar-refractivity contribution in [1.82, 2.24) is 5.32 Å². The van der Waals surface area contributed by atoms with E-state index >= 15 is 0 Å². The number of nitrogens with one attached hydrogen (secondary N) is 1. The zero-order valence-corrected chi connectivity index (χ0v) is 9.17. The van der Waals surface area contributed by atoms with Crippen molar-refractivity contribution in [2.75, 3.05) is 0 Å². The van der Waals surface area contributed by atoms with Crippen molar-refractivity contribution in [2.24, 2.45) is 0 Å². The molecule has 1 atom stereocenters. The van der Waals surface area contributed by atoms with Gasteiger partial charge in [-0.05, 0) is 32.4 Å². The average molecular weight is 208 g/mol. The van der Waals surface area contributed by atoms with Crippen LogP contribution in [0.4, 0.5) is 4.39 Å². The van der Waals surface area contributed by atoms with Crippen LogP contribution in [0.15, 0.2) is 24.3 Å². The van der Waals surface area contributed by atoms with Gasteiger partial charge in [0, 0.05) is 6.04 Å². The summed E-state index contributed by atoms with van der Waals surface area (Å²) >= 11 is 0. The number of alkyl halides is 1. The molecule has 1 unspecified atom stereocenters. The lowest BCUT2D eigenvalue weighted by molar-refractivity contribution is -0.132. The molecule has 0 spiro atoms. The molecule has 1 rings (SSSR count). The van der Waals surface area contributed by atoms with E-state index in [2.05, 4.69) is 11.4 Å². The molecule has 1 N–H and O–H groups in total. The van der Waals surface area contributed by atoms with E-state index in [0.717, 1.165) is 0 Å². The molecule has 81 valence electrons. The van der Waals surface area contributed by atoms with Crippen LogP contribution in [-0.2, 0) is 10.5 Å². The molecule has 1 radical (unpaired) electrons. The maximum absolute atomic E-state index is 14.2. The third kappa shape index (κ3) is 2.78. The molecule has 0 saturated heterocycles. The molecule has 0 aromatic heterocycles. The molecular formula is C12H15FNO. The predicted octanol–water partition coefficient (Wildman–Crippen LogP) is 2.20. The Kier molecular flexibility index (Phi) is 3.45. The van der Waals surface area contributed by atoms with Crippen molar-refractivity contribution in [3.63, 3.8) is 0 Å². The number of benzene rings is 1. The summed E-state index contributed by atoms with van der Waals surface area (Å²) in [7, 11) is 0. The van der Waals surface area contributed by atoms with E-state index in [1.54, 1.807) is 38.1 Å². The summed E-state index contributed by atoms with van der Waals surface area (Å²) < 4.78 is 14.2. The SMILES string of the molecule is CC(C)NC(=O)C(C)(F)c1cc[c]cc1. The molecule has 0 heterocycles. The lowest BCUT2D eigenvalue weighted by atomic mass is 9.97. The van der Waals surface area contributed by atoms with Gasteiger partial charge in [-0.3, -0.25) is 4.79 Å². The molecule has 0 bridgehead atoms. The van der Waals surface area contributed by atoms with E-state index in [0.29, 0.717) is 5.56 Å². The fourth-order valence-corrected chi connectivity index (χ4v) is 1.23. The minimum atomic E-state index is -1.99. The highest BCUT2D eigenvalue weighted by molar-refractivity contribution is 5.86. The third-order valence-corrected chi connectivity index (χ3v) is 2.11. The molecule has 15 heavy (non-hydrogen) atoms. The summed E-state index contributed by atoms with van der Waals surface area (Å²) in [4.78, 5) is 11.6. The molecule has 0 aliphatic rings. The highest BCUT2D eigenvalue weighted by Crippen LogP contribution is 2.25. The second-order valence-corrected chi connectivity index (χ2v) is 3.92. The van der Waals surface area contributed by atoms with Crippen LogP contribution in [0.2, 0.25) is 0 Å². The molecule has 0 saturated carbocycles. The second kappa shape index (κ2) is 4.43. The fraction of sp³-hybridized carbons (Fsp3) is 0.417. The molecule has 0 fully saturated rings. The highest BCUT2D eigenvalue weighted by Gasteiger charge is 2.34. The smallest absolute Gasteiger partial charge is 0.262 e. The predicted molar refractivity (Wildman–Crippen MR) is 57.0 cm³/mol. The Labute approximate surface area is 89.5 Å². The largest absolute Gasteiger partial charge is 0.351 e. The summed E-state index contributed by atoms with van der Waals surface area (Å²) in [5.74, 6) is -0.608. The van der Waals surface area contributed by atoms with Crippen molar-refractivity contribution in [3.8, 4) is 0 Å². The van der Waals surface area contributed by atoms with Crippen molar-refractivity contribution in [1.29, 1.82) is 0 Å². The lowest BCUT2D eigenvalue weighted by Gasteiger charge is -2.21. The number of carbonyl (C=O) groups excluding carboxylic acids is 1. The quantitative estimate of drug-likeness (QED) is 0.810. The molecule has 0 aliphatic carbocycles. The van der Waals surface area contributed by atoms with Crippen LogP contribution in [0.3, 0.4) is 0 Å². The van der Waals surface area contributed by atoms with Gasteiger partial charge in [-0.1, -0.05) is 24.3 Å². The first-order valence-corrected chi connectivity index (χ1v) is 4.91. The van der Waals surface area contributed by atoms with Gasteiger partial charge in [-0.25, -0.2) is 4.39 Å². The van der Waals surface area contributed by atoms with Crippen LogP contribution in [0, 0.1) is 6.07 Å². The van der Waals surface area contributed by atoms with E-state index in [4.69, 9.17) is 0 Å². The van der Waals surface area contributed by atoms with Gasteiger partial charge < -0.3 is 5.32 Å². The third-order valence-electron chi connectivity index (χ3n) is 2.11. The van der Waals surface area contributed by atoms with Gasteiger partial charge in [0.05, 0.1) is 0 Å². The summed E-state index contributed by atoms with van der Waals surface area (Å²) in [6, 6.07) is 9.02. The van der Waals surface area contributed by atoms with E-state index < -0.39 is 11.6 Å². The average Bonchev–Trinajstić information content (AvgIpc) is 2.18. The lowest BCUT2D eigenvalue weighted by Crippen LogP contribution is -2.42. The number of hydrogen-bond acceptors (Lipinski definition) is 1. The minimum absolute atomic E-state index is 0.0668. The molecule has 1 aromatic rings. The van der Waals surface area contributed by atoms with Gasteiger partial charge in [0.2, 0.25) is 5.67 Å². The van der Waals surface area contributed by atoms with E-state index in [9.17, 15) is 9.18 Å². The summed E-state index contributed by atoms with van der Waals surface area (Å²) in [6.45, 7) is 4.86. The highest BCUT2D eigenvalue weighted by atomic mass is 19.1. The van der Waals surface area contributed by atoms with Crippen LogP contribution < -0.4 is 5.32 Å². The summed E-state index contributed by atoms with van der Waals surface area (Å²) in [6.07, 6.45) is 0. The Morgan fingerprint density at radius 3 is 2.47 bits per heavy atom. The Morgan fingerprint density at radius 2 is 2.00 bits per heavy atom. The van der Waals surface area contributed by atoms with Crippen LogP contribution >= 0.6 is 0 Å². The van der Waals surface area contributed by atoms with Crippen molar-refractivity contribution in [3.05, 3.63) is 35.9 Å². The summed E-state index contributed by atoms with van der Waals surface area (Å²) in [5.41, 5.74) is -1.64. The topological polar surface area (TPSA) is 29.1 Å². The number of hydrogen-bond donors (Lipinski definition) is 1. The zero-order chi connectivity index (χ0) is 11.5.